The van der Waals surface area contributed by atoms with Crippen LogP contribution in [0.2, 0.25) is 0 Å². The van der Waals surface area contributed by atoms with Crippen LogP contribution in [-0.2, 0) is 24.8 Å². The number of nitrogens with zero attached hydrogens (tertiary/aromatic N) is 3. The van der Waals surface area contributed by atoms with Gasteiger partial charge in [-0.15, -0.1) is 21.5 Å². The molecule has 3 aromatic rings. The summed E-state index contributed by atoms with van der Waals surface area (Å²) in [5, 5.41) is 14.1. The SMILES string of the molecule is COc1ccc(CNC(=O)CSc2nnc(Cc3cccs3)n2C)cc1. The van der Waals surface area contributed by atoms with Gasteiger partial charge in [0.2, 0.25) is 5.91 Å². The number of hydrogen-bond donors (Lipinski definition) is 1. The van der Waals surface area contributed by atoms with E-state index in [1.165, 1.54) is 16.6 Å². The predicted octanol–water partition coefficient (Wildman–Crippen LogP) is 2.88. The Balaban J connectivity index is 1.47. The number of benzene rings is 1. The van der Waals surface area contributed by atoms with Crippen molar-refractivity contribution in [2.45, 2.75) is 18.1 Å². The average molecular weight is 389 g/mol. The van der Waals surface area contributed by atoms with Crippen LogP contribution in [0.4, 0.5) is 0 Å². The lowest BCUT2D eigenvalue weighted by Gasteiger charge is -2.06. The highest BCUT2D eigenvalue weighted by molar-refractivity contribution is 7.99. The molecule has 0 fully saturated rings. The van der Waals surface area contributed by atoms with Gasteiger partial charge in [-0.3, -0.25) is 4.79 Å². The van der Waals surface area contributed by atoms with Crippen molar-refractivity contribution in [2.24, 2.45) is 7.05 Å². The lowest BCUT2D eigenvalue weighted by molar-refractivity contribution is -0.118. The molecule has 0 saturated carbocycles. The normalized spacial score (nSPS) is 10.7. The van der Waals surface area contributed by atoms with Crippen LogP contribution in [0.1, 0.15) is 16.3 Å². The Morgan fingerprint density at radius 2 is 2.08 bits per heavy atom. The molecule has 0 aliphatic rings. The van der Waals surface area contributed by atoms with Crippen molar-refractivity contribution in [1.82, 2.24) is 20.1 Å². The average Bonchev–Trinajstić information content (AvgIpc) is 3.30. The number of aromatic nitrogens is 3. The number of ether oxygens (including phenoxy) is 1. The smallest absolute Gasteiger partial charge is 0.230 e. The number of amides is 1. The maximum atomic E-state index is 12.1. The molecule has 0 bridgehead atoms. The van der Waals surface area contributed by atoms with Crippen molar-refractivity contribution in [2.75, 3.05) is 12.9 Å². The second-order valence-corrected chi connectivity index (χ2v) is 7.60. The van der Waals surface area contributed by atoms with Gasteiger partial charge in [0.15, 0.2) is 5.16 Å². The summed E-state index contributed by atoms with van der Waals surface area (Å²) >= 11 is 3.09. The molecule has 26 heavy (non-hydrogen) atoms. The van der Waals surface area contributed by atoms with Crippen molar-refractivity contribution < 1.29 is 9.53 Å². The number of carbonyl (C=O) groups is 1. The highest BCUT2D eigenvalue weighted by atomic mass is 32.2. The lowest BCUT2D eigenvalue weighted by Crippen LogP contribution is -2.24. The van der Waals surface area contributed by atoms with Crippen molar-refractivity contribution in [3.8, 4) is 5.75 Å². The monoisotopic (exact) mass is 388 g/mol. The first-order valence-corrected chi connectivity index (χ1v) is 9.95. The van der Waals surface area contributed by atoms with E-state index in [1.54, 1.807) is 18.4 Å². The topological polar surface area (TPSA) is 69.0 Å². The van der Waals surface area contributed by atoms with Crippen LogP contribution in [0, 0.1) is 0 Å². The van der Waals surface area contributed by atoms with Crippen LogP contribution in [0.5, 0.6) is 5.75 Å². The van der Waals surface area contributed by atoms with Crippen LogP contribution in [0.15, 0.2) is 46.9 Å². The number of thiophene rings is 1. The van der Waals surface area contributed by atoms with E-state index in [1.807, 2.05) is 41.9 Å². The quantitative estimate of drug-likeness (QED) is 0.601. The minimum absolute atomic E-state index is 0.0337. The Labute approximate surface area is 160 Å². The maximum absolute atomic E-state index is 12.1. The summed E-state index contributed by atoms with van der Waals surface area (Å²) in [4.78, 5) is 13.3. The predicted molar refractivity (Wildman–Crippen MR) is 104 cm³/mol. The zero-order valence-electron chi connectivity index (χ0n) is 14.6. The van der Waals surface area contributed by atoms with Crippen molar-refractivity contribution in [1.29, 1.82) is 0 Å². The molecule has 1 amide bonds. The Kier molecular flexibility index (Phi) is 6.30. The fourth-order valence-corrected chi connectivity index (χ4v) is 3.78. The summed E-state index contributed by atoms with van der Waals surface area (Å²) in [5.41, 5.74) is 1.03. The number of methoxy groups -OCH3 is 1. The van der Waals surface area contributed by atoms with Gasteiger partial charge in [0.1, 0.15) is 11.6 Å². The fraction of sp³-hybridized carbons (Fsp3) is 0.278. The summed E-state index contributed by atoms with van der Waals surface area (Å²) in [5.74, 6) is 1.97. The molecule has 8 heteroatoms. The molecule has 0 aliphatic carbocycles. The van der Waals surface area contributed by atoms with E-state index in [2.05, 4.69) is 27.0 Å². The van der Waals surface area contributed by atoms with Gasteiger partial charge >= 0.3 is 0 Å². The van der Waals surface area contributed by atoms with Crippen molar-refractivity contribution >= 4 is 29.0 Å². The van der Waals surface area contributed by atoms with E-state index >= 15 is 0 Å². The second kappa shape index (κ2) is 8.86. The number of rotatable bonds is 8. The molecule has 2 heterocycles. The third-order valence-electron chi connectivity index (χ3n) is 3.82. The number of hydrogen-bond acceptors (Lipinski definition) is 6. The van der Waals surface area contributed by atoms with E-state index in [0.717, 1.165) is 28.7 Å². The Hall–Kier alpha value is -2.32. The Morgan fingerprint density at radius 1 is 1.27 bits per heavy atom. The molecule has 0 aliphatic heterocycles. The van der Waals surface area contributed by atoms with Gasteiger partial charge in [-0.1, -0.05) is 30.0 Å². The van der Waals surface area contributed by atoms with Crippen molar-refractivity contribution in [3.05, 3.63) is 58.0 Å². The van der Waals surface area contributed by atoms with E-state index in [0.29, 0.717) is 12.3 Å². The third kappa shape index (κ3) is 4.86. The number of carbonyl (C=O) groups excluding carboxylic acids is 1. The van der Waals surface area contributed by atoms with Gasteiger partial charge in [0.05, 0.1) is 12.9 Å². The van der Waals surface area contributed by atoms with Crippen LogP contribution in [0.3, 0.4) is 0 Å². The third-order valence-corrected chi connectivity index (χ3v) is 5.72. The molecule has 1 N–H and O–H groups in total. The first kappa shape index (κ1) is 18.5. The lowest BCUT2D eigenvalue weighted by atomic mass is 10.2. The van der Waals surface area contributed by atoms with Crippen LogP contribution in [-0.4, -0.2) is 33.5 Å². The van der Waals surface area contributed by atoms with E-state index in [9.17, 15) is 4.79 Å². The molecule has 6 nitrogen and oxygen atoms in total. The summed E-state index contributed by atoms with van der Waals surface area (Å²) in [6, 6.07) is 11.7. The standard InChI is InChI=1S/C18H20N4O2S2/c1-22-16(10-15-4-3-9-25-15)20-21-18(22)26-12-17(23)19-11-13-5-7-14(24-2)8-6-13/h3-9H,10-12H2,1-2H3,(H,19,23). The highest BCUT2D eigenvalue weighted by Crippen LogP contribution is 2.19. The molecule has 136 valence electrons. The van der Waals surface area contributed by atoms with Gasteiger partial charge in [-0.25, -0.2) is 0 Å². The second-order valence-electron chi connectivity index (χ2n) is 5.63. The van der Waals surface area contributed by atoms with Crippen LogP contribution in [0.25, 0.3) is 0 Å². The molecule has 2 aromatic heterocycles. The van der Waals surface area contributed by atoms with Crippen LogP contribution >= 0.6 is 23.1 Å². The van der Waals surface area contributed by atoms with E-state index in [-0.39, 0.29) is 5.91 Å². The fourth-order valence-electron chi connectivity index (χ4n) is 2.32. The largest absolute Gasteiger partial charge is 0.497 e. The zero-order chi connectivity index (χ0) is 18.4. The minimum atomic E-state index is -0.0337. The summed E-state index contributed by atoms with van der Waals surface area (Å²) in [6.45, 7) is 0.492. The van der Waals surface area contributed by atoms with E-state index < -0.39 is 0 Å². The van der Waals surface area contributed by atoms with Gasteiger partial charge in [-0.05, 0) is 29.1 Å². The summed E-state index contributed by atoms with van der Waals surface area (Å²) in [6.07, 6.45) is 0.755. The molecule has 0 atom stereocenters. The van der Waals surface area contributed by atoms with Gasteiger partial charge in [0, 0.05) is 24.9 Å². The van der Waals surface area contributed by atoms with Gasteiger partial charge < -0.3 is 14.6 Å². The number of thioether (sulfide) groups is 1. The number of nitrogens with one attached hydrogen (secondary N) is 1. The minimum Gasteiger partial charge on any atom is -0.497 e. The molecular formula is C18H20N4O2S2. The molecule has 0 spiro atoms. The molecule has 0 saturated heterocycles. The van der Waals surface area contributed by atoms with Gasteiger partial charge in [0.25, 0.3) is 0 Å². The molecular weight excluding hydrogens is 368 g/mol. The molecule has 3 rings (SSSR count). The maximum Gasteiger partial charge on any atom is 0.230 e. The van der Waals surface area contributed by atoms with Crippen LogP contribution < -0.4 is 10.1 Å². The Bertz CT molecular complexity index is 845. The Morgan fingerprint density at radius 3 is 2.77 bits per heavy atom. The highest BCUT2D eigenvalue weighted by Gasteiger charge is 2.12. The van der Waals surface area contributed by atoms with Crippen molar-refractivity contribution in [3.63, 3.8) is 0 Å². The first-order valence-electron chi connectivity index (χ1n) is 8.09. The van der Waals surface area contributed by atoms with Gasteiger partial charge in [-0.2, -0.15) is 0 Å². The summed E-state index contributed by atoms with van der Waals surface area (Å²) < 4.78 is 7.07. The summed E-state index contributed by atoms with van der Waals surface area (Å²) in [7, 11) is 3.56. The molecule has 0 radical (unpaired) electrons. The molecule has 1 aromatic carbocycles. The zero-order valence-corrected chi connectivity index (χ0v) is 16.3. The first-order chi connectivity index (χ1) is 12.7. The molecule has 0 unspecified atom stereocenters. The van der Waals surface area contributed by atoms with E-state index in [4.69, 9.17) is 4.74 Å².